The van der Waals surface area contributed by atoms with Crippen molar-refractivity contribution in [1.82, 2.24) is 10.2 Å². The molecule has 9 nitrogen and oxygen atoms in total. The maximum Gasteiger partial charge on any atom is 0.264 e. The number of sulfonamides is 1. The van der Waals surface area contributed by atoms with Gasteiger partial charge in [-0.2, -0.15) is 0 Å². The number of halogens is 3. The standard InChI is InChI=1S/C28H30Cl3N3O6S/c1-5-32-28(36)18(2)33(16-22-23(30)7-6-8-24(22)31)27(35)17-34(20-11-9-19(29)10-12-20)41(37,38)21-13-14-25(39-3)26(15-21)40-4/h6-15,18H,5,16-17H2,1-4H3,(H,32,36). The van der Waals surface area contributed by atoms with Crippen LogP contribution < -0.4 is 19.1 Å². The van der Waals surface area contributed by atoms with E-state index in [4.69, 9.17) is 44.3 Å². The zero-order chi connectivity index (χ0) is 30.3. The second kappa shape index (κ2) is 14.1. The van der Waals surface area contributed by atoms with Crippen LogP contribution in [0.25, 0.3) is 0 Å². The lowest BCUT2D eigenvalue weighted by atomic mass is 10.1. The smallest absolute Gasteiger partial charge is 0.264 e. The highest BCUT2D eigenvalue weighted by atomic mass is 35.5. The summed E-state index contributed by atoms with van der Waals surface area (Å²) in [6, 6.07) is 14.0. The van der Waals surface area contributed by atoms with Gasteiger partial charge < -0.3 is 19.7 Å². The zero-order valence-electron chi connectivity index (χ0n) is 22.9. The van der Waals surface area contributed by atoms with Crippen molar-refractivity contribution in [2.45, 2.75) is 31.3 Å². The molecule has 41 heavy (non-hydrogen) atoms. The van der Waals surface area contributed by atoms with Gasteiger partial charge in [0.2, 0.25) is 11.8 Å². The average Bonchev–Trinajstić information content (AvgIpc) is 2.95. The molecule has 0 aromatic heterocycles. The van der Waals surface area contributed by atoms with Crippen LogP contribution in [-0.2, 0) is 26.2 Å². The summed E-state index contributed by atoms with van der Waals surface area (Å²) in [6.45, 7) is 2.84. The molecule has 3 aromatic rings. The Bertz CT molecular complexity index is 1480. The second-order valence-electron chi connectivity index (χ2n) is 8.80. The highest BCUT2D eigenvalue weighted by Gasteiger charge is 2.33. The summed E-state index contributed by atoms with van der Waals surface area (Å²) in [5.74, 6) is -0.571. The van der Waals surface area contributed by atoms with Gasteiger partial charge in [0.25, 0.3) is 10.0 Å². The minimum Gasteiger partial charge on any atom is -0.493 e. The summed E-state index contributed by atoms with van der Waals surface area (Å²) in [7, 11) is -1.53. The van der Waals surface area contributed by atoms with Crippen LogP contribution in [0.3, 0.4) is 0 Å². The van der Waals surface area contributed by atoms with Crippen LogP contribution in [-0.4, -0.2) is 58.5 Å². The molecular formula is C28H30Cl3N3O6S. The van der Waals surface area contributed by atoms with Crippen LogP contribution in [0.2, 0.25) is 15.1 Å². The highest BCUT2D eigenvalue weighted by molar-refractivity contribution is 7.92. The zero-order valence-corrected chi connectivity index (χ0v) is 25.9. The fraction of sp³-hybridized carbons (Fsp3) is 0.286. The van der Waals surface area contributed by atoms with Crippen LogP contribution in [0.1, 0.15) is 19.4 Å². The van der Waals surface area contributed by atoms with Crippen molar-refractivity contribution >= 4 is 62.3 Å². The minimum absolute atomic E-state index is 0.138. The fourth-order valence-electron chi connectivity index (χ4n) is 4.00. The first-order valence-electron chi connectivity index (χ1n) is 12.4. The first-order chi connectivity index (χ1) is 19.4. The molecule has 0 saturated carbocycles. The van der Waals surface area contributed by atoms with Crippen molar-refractivity contribution in [2.75, 3.05) is 31.6 Å². The van der Waals surface area contributed by atoms with Gasteiger partial charge >= 0.3 is 0 Å². The molecule has 2 amide bonds. The van der Waals surface area contributed by atoms with Crippen LogP contribution >= 0.6 is 34.8 Å². The normalized spacial score (nSPS) is 11.9. The number of methoxy groups -OCH3 is 2. The van der Waals surface area contributed by atoms with E-state index in [-0.39, 0.29) is 22.9 Å². The molecule has 3 rings (SSSR count). The van der Waals surface area contributed by atoms with Gasteiger partial charge in [0.1, 0.15) is 12.6 Å². The first-order valence-corrected chi connectivity index (χ1v) is 15.0. The minimum atomic E-state index is -4.34. The molecule has 13 heteroatoms. The molecule has 0 aliphatic heterocycles. The Balaban J connectivity index is 2.10. The van der Waals surface area contributed by atoms with E-state index in [0.29, 0.717) is 32.9 Å². The van der Waals surface area contributed by atoms with Crippen LogP contribution in [0, 0.1) is 0 Å². The summed E-state index contributed by atoms with van der Waals surface area (Å²) in [6.07, 6.45) is 0. The predicted octanol–water partition coefficient (Wildman–Crippen LogP) is 5.41. The van der Waals surface area contributed by atoms with E-state index >= 15 is 0 Å². The maximum absolute atomic E-state index is 14.0. The molecule has 220 valence electrons. The lowest BCUT2D eigenvalue weighted by molar-refractivity contribution is -0.139. The molecule has 1 N–H and O–H groups in total. The molecule has 1 atom stereocenters. The number of likely N-dealkylation sites (N-methyl/N-ethyl adjacent to an activating group) is 1. The quantitative estimate of drug-likeness (QED) is 0.283. The van der Waals surface area contributed by atoms with Gasteiger partial charge in [-0.15, -0.1) is 0 Å². The maximum atomic E-state index is 14.0. The van der Waals surface area contributed by atoms with E-state index in [9.17, 15) is 18.0 Å². The molecule has 0 saturated heterocycles. The predicted molar refractivity (Wildman–Crippen MR) is 161 cm³/mol. The van der Waals surface area contributed by atoms with Crippen LogP contribution in [0.4, 0.5) is 5.69 Å². The summed E-state index contributed by atoms with van der Waals surface area (Å²) < 4.78 is 39.5. The molecule has 0 bridgehead atoms. The lowest BCUT2D eigenvalue weighted by Crippen LogP contribution is -2.51. The van der Waals surface area contributed by atoms with E-state index in [2.05, 4.69) is 5.32 Å². The van der Waals surface area contributed by atoms with Gasteiger partial charge in [0.15, 0.2) is 11.5 Å². The number of carbonyl (C=O) groups is 2. The fourth-order valence-corrected chi connectivity index (χ4v) is 6.07. The number of hydrogen-bond donors (Lipinski definition) is 1. The molecule has 0 radical (unpaired) electrons. The molecular weight excluding hydrogens is 613 g/mol. The van der Waals surface area contributed by atoms with Crippen LogP contribution in [0.15, 0.2) is 65.6 Å². The van der Waals surface area contributed by atoms with Gasteiger partial charge in [0.05, 0.1) is 24.8 Å². The number of hydrogen-bond acceptors (Lipinski definition) is 6. The molecule has 1 unspecified atom stereocenters. The van der Waals surface area contributed by atoms with E-state index in [1.54, 1.807) is 32.0 Å². The molecule has 0 aliphatic carbocycles. The Morgan fingerprint density at radius 3 is 2.10 bits per heavy atom. The van der Waals surface area contributed by atoms with Gasteiger partial charge in [0, 0.05) is 39.8 Å². The summed E-state index contributed by atoms with van der Waals surface area (Å²) >= 11 is 18.8. The summed E-state index contributed by atoms with van der Waals surface area (Å²) in [5.41, 5.74) is 0.597. The van der Waals surface area contributed by atoms with Gasteiger partial charge in [-0.25, -0.2) is 8.42 Å². The summed E-state index contributed by atoms with van der Waals surface area (Å²) in [5, 5.41) is 3.67. The van der Waals surface area contributed by atoms with Gasteiger partial charge in [-0.1, -0.05) is 40.9 Å². The number of carbonyl (C=O) groups excluding carboxylic acids is 2. The monoisotopic (exact) mass is 641 g/mol. The van der Waals surface area contributed by atoms with Crippen molar-refractivity contribution in [2.24, 2.45) is 0 Å². The molecule has 0 fully saturated rings. The summed E-state index contributed by atoms with van der Waals surface area (Å²) in [4.78, 5) is 27.9. The largest absolute Gasteiger partial charge is 0.493 e. The Labute approximate surface area is 254 Å². The van der Waals surface area contributed by atoms with Gasteiger partial charge in [-0.3, -0.25) is 13.9 Å². The number of rotatable bonds is 12. The number of anilines is 1. The molecule has 0 heterocycles. The number of amides is 2. The number of ether oxygens (including phenoxy) is 2. The van der Waals surface area contributed by atoms with E-state index in [1.165, 1.54) is 61.6 Å². The molecule has 0 spiro atoms. The SMILES string of the molecule is CCNC(=O)C(C)N(Cc1c(Cl)cccc1Cl)C(=O)CN(c1ccc(Cl)cc1)S(=O)(=O)c1ccc(OC)c(OC)c1. The van der Waals surface area contributed by atoms with E-state index in [0.717, 1.165) is 4.31 Å². The first kappa shape index (κ1) is 32.3. The average molecular weight is 643 g/mol. The molecule has 3 aromatic carbocycles. The second-order valence-corrected chi connectivity index (χ2v) is 11.9. The Hall–Kier alpha value is -3.18. The molecule has 0 aliphatic rings. The Kier molecular flexibility index (Phi) is 11.1. The van der Waals surface area contributed by atoms with Crippen molar-refractivity contribution in [3.63, 3.8) is 0 Å². The Morgan fingerprint density at radius 1 is 0.927 bits per heavy atom. The van der Waals surface area contributed by atoms with Crippen molar-refractivity contribution in [1.29, 1.82) is 0 Å². The van der Waals surface area contributed by atoms with Crippen molar-refractivity contribution in [3.8, 4) is 11.5 Å². The lowest BCUT2D eigenvalue weighted by Gasteiger charge is -2.32. The van der Waals surface area contributed by atoms with Gasteiger partial charge in [-0.05, 0) is 62.4 Å². The van der Waals surface area contributed by atoms with Crippen LogP contribution in [0.5, 0.6) is 11.5 Å². The topological polar surface area (TPSA) is 105 Å². The van der Waals surface area contributed by atoms with Crippen molar-refractivity contribution in [3.05, 3.63) is 81.3 Å². The van der Waals surface area contributed by atoms with E-state index in [1.807, 2.05) is 0 Å². The Morgan fingerprint density at radius 2 is 1.54 bits per heavy atom. The highest BCUT2D eigenvalue weighted by Crippen LogP contribution is 2.33. The third-order valence-corrected chi connectivity index (χ3v) is 8.97. The van der Waals surface area contributed by atoms with Crippen molar-refractivity contribution < 1.29 is 27.5 Å². The third-order valence-electron chi connectivity index (χ3n) is 6.24. The number of nitrogens with zero attached hydrogens (tertiary/aromatic N) is 2. The third kappa shape index (κ3) is 7.56. The van der Waals surface area contributed by atoms with E-state index < -0.39 is 34.4 Å². The number of benzene rings is 3. The number of nitrogens with one attached hydrogen (secondary N) is 1.